The molecular formula is C39H30N2. The van der Waals surface area contributed by atoms with Crippen LogP contribution in [-0.2, 0) is 6.42 Å². The topological polar surface area (TPSA) is 9.86 Å². The molecule has 1 aliphatic rings. The van der Waals surface area contributed by atoms with E-state index in [1.54, 1.807) is 0 Å². The van der Waals surface area contributed by atoms with Crippen molar-refractivity contribution < 1.29 is 0 Å². The number of nitrogens with zero attached hydrogens (tertiary/aromatic N) is 2. The highest BCUT2D eigenvalue weighted by Crippen LogP contribution is 2.45. The van der Waals surface area contributed by atoms with Gasteiger partial charge < -0.3 is 9.13 Å². The molecule has 0 amide bonds. The summed E-state index contributed by atoms with van der Waals surface area (Å²) in [6, 6.07) is 44.3. The Kier molecular flexibility index (Phi) is 5.36. The van der Waals surface area contributed by atoms with Gasteiger partial charge in [-0.15, -0.1) is 0 Å². The van der Waals surface area contributed by atoms with Crippen molar-refractivity contribution >= 4 is 60.3 Å². The Hall–Kier alpha value is -5.08. The molecule has 0 aliphatic heterocycles. The molecule has 0 N–H and O–H groups in total. The number of aromatic nitrogens is 2. The van der Waals surface area contributed by atoms with E-state index in [2.05, 4.69) is 143 Å². The lowest BCUT2D eigenvalue weighted by atomic mass is 9.96. The Morgan fingerprint density at radius 3 is 1.71 bits per heavy atom. The first-order valence-corrected chi connectivity index (χ1v) is 14.6. The average Bonchev–Trinajstić information content (AvgIpc) is 3.73. The van der Waals surface area contributed by atoms with Gasteiger partial charge in [0.25, 0.3) is 0 Å². The predicted molar refractivity (Wildman–Crippen MR) is 177 cm³/mol. The Morgan fingerprint density at radius 2 is 1.02 bits per heavy atom. The summed E-state index contributed by atoms with van der Waals surface area (Å²) in [6.45, 7) is 4.00. The van der Waals surface area contributed by atoms with Crippen molar-refractivity contribution in [3.63, 3.8) is 0 Å². The van der Waals surface area contributed by atoms with Crippen LogP contribution in [0.25, 0.3) is 71.7 Å². The second-order valence-electron chi connectivity index (χ2n) is 10.5. The van der Waals surface area contributed by atoms with Gasteiger partial charge in [-0.2, -0.15) is 0 Å². The molecule has 0 fully saturated rings. The molecule has 2 nitrogen and oxygen atoms in total. The predicted octanol–water partition coefficient (Wildman–Crippen LogP) is 10.6. The molecule has 0 saturated heterocycles. The number of fused-ring (bicyclic) bond motifs is 11. The van der Waals surface area contributed by atoms with Crippen LogP contribution in [0.2, 0.25) is 0 Å². The van der Waals surface area contributed by atoms with Crippen molar-refractivity contribution in [1.82, 2.24) is 9.13 Å². The summed E-state index contributed by atoms with van der Waals surface area (Å²) in [6.07, 6.45) is 5.56. The van der Waals surface area contributed by atoms with Crippen LogP contribution in [0.15, 0.2) is 127 Å². The zero-order valence-corrected chi connectivity index (χ0v) is 23.3. The fourth-order valence-corrected chi connectivity index (χ4v) is 6.93. The van der Waals surface area contributed by atoms with Crippen molar-refractivity contribution in [1.29, 1.82) is 0 Å². The van der Waals surface area contributed by atoms with Gasteiger partial charge in [-0.25, -0.2) is 0 Å². The molecule has 0 unspecified atom stereocenters. The molecule has 196 valence electrons. The van der Waals surface area contributed by atoms with Crippen LogP contribution in [0.1, 0.15) is 25.1 Å². The monoisotopic (exact) mass is 526 g/mol. The van der Waals surface area contributed by atoms with Crippen LogP contribution >= 0.6 is 0 Å². The lowest BCUT2D eigenvalue weighted by molar-refractivity contribution is 1.01. The van der Waals surface area contributed by atoms with Crippen LogP contribution < -0.4 is 0 Å². The summed E-state index contributed by atoms with van der Waals surface area (Å²) in [5, 5.41) is 9.14. The summed E-state index contributed by atoms with van der Waals surface area (Å²) < 4.78 is 4.95. The number of rotatable bonds is 2. The van der Waals surface area contributed by atoms with Gasteiger partial charge >= 0.3 is 0 Å². The second kappa shape index (κ2) is 9.25. The zero-order chi connectivity index (χ0) is 27.5. The number of hydrogen-bond donors (Lipinski definition) is 0. The second-order valence-corrected chi connectivity index (χ2v) is 10.5. The van der Waals surface area contributed by atoms with Gasteiger partial charge in [-0.1, -0.05) is 111 Å². The molecule has 0 bridgehead atoms. The first kappa shape index (κ1) is 23.8. The Morgan fingerprint density at radius 1 is 0.488 bits per heavy atom. The summed E-state index contributed by atoms with van der Waals surface area (Å²) in [7, 11) is 0. The third-order valence-electron chi connectivity index (χ3n) is 8.49. The third kappa shape index (κ3) is 3.31. The fraction of sp³-hybridized carbons (Fsp3) is 0.0769. The number of hydrogen-bond acceptors (Lipinski definition) is 0. The largest absolute Gasteiger partial charge is 0.313 e. The zero-order valence-electron chi connectivity index (χ0n) is 23.3. The molecule has 1 aliphatic carbocycles. The summed E-state index contributed by atoms with van der Waals surface area (Å²) in [4.78, 5) is 0. The highest BCUT2D eigenvalue weighted by molar-refractivity contribution is 6.33. The average molecular weight is 527 g/mol. The van der Waals surface area contributed by atoms with Crippen molar-refractivity contribution in [2.45, 2.75) is 20.3 Å². The van der Waals surface area contributed by atoms with Crippen molar-refractivity contribution in [2.75, 3.05) is 0 Å². The maximum absolute atomic E-state index is 2.49. The Labute approximate surface area is 239 Å². The van der Waals surface area contributed by atoms with E-state index in [4.69, 9.17) is 0 Å². The number of allylic oxidation sites excluding steroid dienone is 1. The van der Waals surface area contributed by atoms with E-state index in [-0.39, 0.29) is 0 Å². The quantitative estimate of drug-likeness (QED) is 0.198. The fourth-order valence-electron chi connectivity index (χ4n) is 6.93. The highest BCUT2D eigenvalue weighted by Gasteiger charge is 2.24. The molecule has 2 heterocycles. The van der Waals surface area contributed by atoms with Gasteiger partial charge in [0, 0.05) is 50.6 Å². The maximum atomic E-state index is 2.49. The smallest absolute Gasteiger partial charge is 0.0625 e. The molecule has 41 heavy (non-hydrogen) atoms. The SMILES string of the molecule is C1=Cc2c(n(-c3ccccc3)c3cc4c(cc23)c2c3ccccc3c3ccccc3c2n4-c2ccccc2)C1.CC. The standard InChI is InChI=1S/C37H24N2.C2H6/c1-3-12-24(13-4-1)38-33-21-11-20-28(33)31-22-32-35(23-34(31)38)39(25-14-5-2-6-15-25)37-30-19-10-8-17-27(30)26-16-7-9-18-29(26)36(32)37;1-2/h1-20,22-23H,21H2;1-2H3. The molecule has 0 radical (unpaired) electrons. The molecule has 6 aromatic carbocycles. The maximum Gasteiger partial charge on any atom is 0.0625 e. The van der Waals surface area contributed by atoms with Crippen LogP contribution in [-0.4, -0.2) is 9.13 Å². The van der Waals surface area contributed by atoms with Crippen molar-refractivity contribution in [3.8, 4) is 11.4 Å². The van der Waals surface area contributed by atoms with Crippen molar-refractivity contribution in [2.24, 2.45) is 0 Å². The van der Waals surface area contributed by atoms with Crippen LogP contribution in [0.4, 0.5) is 0 Å². The molecule has 0 atom stereocenters. The summed E-state index contributed by atoms with van der Waals surface area (Å²) in [5.41, 5.74) is 8.89. The van der Waals surface area contributed by atoms with Gasteiger partial charge in [0.15, 0.2) is 0 Å². The normalized spacial score (nSPS) is 12.4. The molecule has 8 aromatic rings. The molecule has 0 saturated carbocycles. The molecule has 0 spiro atoms. The molecule has 9 rings (SSSR count). The van der Waals surface area contributed by atoms with Gasteiger partial charge in [0.1, 0.15) is 0 Å². The van der Waals surface area contributed by atoms with Gasteiger partial charge in [-0.05, 0) is 52.6 Å². The number of benzene rings is 6. The van der Waals surface area contributed by atoms with Crippen molar-refractivity contribution in [3.05, 3.63) is 139 Å². The third-order valence-corrected chi connectivity index (χ3v) is 8.49. The number of para-hydroxylation sites is 2. The van der Waals surface area contributed by atoms with Gasteiger partial charge in [0.05, 0.1) is 16.6 Å². The Balaban J connectivity index is 0.00000125. The molecule has 2 heteroatoms. The summed E-state index contributed by atoms with van der Waals surface area (Å²) in [5.74, 6) is 0. The van der Waals surface area contributed by atoms with Gasteiger partial charge in [0.2, 0.25) is 0 Å². The molecule has 2 aromatic heterocycles. The summed E-state index contributed by atoms with van der Waals surface area (Å²) >= 11 is 0. The van der Waals surface area contributed by atoms with Gasteiger partial charge in [-0.3, -0.25) is 0 Å². The van der Waals surface area contributed by atoms with E-state index >= 15 is 0 Å². The molecular weight excluding hydrogens is 496 g/mol. The minimum atomic E-state index is 0.954. The Bertz CT molecular complexity index is 2280. The minimum Gasteiger partial charge on any atom is -0.313 e. The van der Waals surface area contributed by atoms with E-state index in [1.807, 2.05) is 13.8 Å². The van der Waals surface area contributed by atoms with Crippen LogP contribution in [0, 0.1) is 0 Å². The first-order chi connectivity index (χ1) is 20.4. The van der Waals surface area contributed by atoms with E-state index < -0.39 is 0 Å². The van der Waals surface area contributed by atoms with E-state index in [0.717, 1.165) is 6.42 Å². The minimum absolute atomic E-state index is 0.954. The lowest BCUT2D eigenvalue weighted by Gasteiger charge is -2.12. The highest BCUT2D eigenvalue weighted by atomic mass is 15.0. The van der Waals surface area contributed by atoms with Crippen LogP contribution in [0.5, 0.6) is 0 Å². The van der Waals surface area contributed by atoms with E-state index in [0.29, 0.717) is 0 Å². The van der Waals surface area contributed by atoms with E-state index in [1.165, 1.54) is 76.9 Å². The van der Waals surface area contributed by atoms with E-state index in [9.17, 15) is 0 Å². The van der Waals surface area contributed by atoms with Crippen LogP contribution in [0.3, 0.4) is 0 Å². The lowest BCUT2D eigenvalue weighted by Crippen LogP contribution is -1.99. The first-order valence-electron chi connectivity index (χ1n) is 14.6.